The molecule has 0 heterocycles. The molecule has 0 spiro atoms. The fourth-order valence-corrected chi connectivity index (χ4v) is 1.55. The molecule has 0 saturated carbocycles. The topological polar surface area (TPSA) is 21.3 Å². The summed E-state index contributed by atoms with van der Waals surface area (Å²) in [6.45, 7) is 3.54. The molecule has 0 saturated heterocycles. The Morgan fingerprint density at radius 1 is 0.941 bits per heavy atom. The molecule has 2 nitrogen and oxygen atoms in total. The molecule has 2 rings (SSSR count). The predicted octanol–water partition coefficient (Wildman–Crippen LogP) is 3.49. The van der Waals surface area contributed by atoms with E-state index in [1.807, 2.05) is 42.5 Å². The highest BCUT2D eigenvalue weighted by Gasteiger charge is 1.93. The van der Waals surface area contributed by atoms with Crippen LogP contribution in [-0.2, 0) is 0 Å². The van der Waals surface area contributed by atoms with Crippen molar-refractivity contribution in [2.45, 2.75) is 6.92 Å². The van der Waals surface area contributed by atoms with Gasteiger partial charge < -0.3 is 10.1 Å². The van der Waals surface area contributed by atoms with Crippen molar-refractivity contribution in [3.63, 3.8) is 0 Å². The molecular weight excluding hydrogens is 210 g/mol. The van der Waals surface area contributed by atoms with Gasteiger partial charge in [-0.25, -0.2) is 0 Å². The van der Waals surface area contributed by atoms with Crippen LogP contribution in [0.5, 0.6) is 5.75 Å². The molecule has 0 aliphatic rings. The van der Waals surface area contributed by atoms with E-state index in [1.54, 1.807) is 0 Å². The van der Waals surface area contributed by atoms with Crippen LogP contribution in [-0.4, -0.2) is 13.2 Å². The molecule has 0 aliphatic carbocycles. The van der Waals surface area contributed by atoms with Crippen LogP contribution in [0, 0.1) is 6.92 Å². The normalized spacial score (nSPS) is 9.94. The first-order chi connectivity index (χ1) is 8.34. The van der Waals surface area contributed by atoms with E-state index in [0.29, 0.717) is 6.61 Å². The average Bonchev–Trinajstić information content (AvgIpc) is 2.38. The van der Waals surface area contributed by atoms with Gasteiger partial charge in [0.1, 0.15) is 12.4 Å². The number of hydrogen-bond acceptors (Lipinski definition) is 2. The monoisotopic (exact) mass is 227 g/mol. The number of hydrogen-bond donors (Lipinski definition) is 1. The smallest absolute Gasteiger partial charge is 0.119 e. The maximum atomic E-state index is 5.62. The lowest BCUT2D eigenvalue weighted by Crippen LogP contribution is -2.11. The molecule has 0 unspecified atom stereocenters. The SMILES string of the molecule is Cc1ccc(OCCNc2ccccc2)cc1. The fourth-order valence-electron chi connectivity index (χ4n) is 1.55. The number of aryl methyl sites for hydroxylation is 1. The van der Waals surface area contributed by atoms with E-state index in [2.05, 4.69) is 24.4 Å². The molecule has 0 atom stereocenters. The summed E-state index contributed by atoms with van der Waals surface area (Å²) in [5.74, 6) is 0.922. The van der Waals surface area contributed by atoms with Crippen molar-refractivity contribution in [2.75, 3.05) is 18.5 Å². The van der Waals surface area contributed by atoms with Gasteiger partial charge in [0.25, 0.3) is 0 Å². The van der Waals surface area contributed by atoms with Gasteiger partial charge in [0.05, 0.1) is 0 Å². The van der Waals surface area contributed by atoms with Crippen molar-refractivity contribution in [1.29, 1.82) is 0 Å². The molecular formula is C15H17NO. The van der Waals surface area contributed by atoms with Crippen LogP contribution in [0.2, 0.25) is 0 Å². The van der Waals surface area contributed by atoms with E-state index in [0.717, 1.165) is 18.0 Å². The number of para-hydroxylation sites is 1. The largest absolute Gasteiger partial charge is 0.492 e. The first-order valence-electron chi connectivity index (χ1n) is 5.83. The molecule has 17 heavy (non-hydrogen) atoms. The minimum atomic E-state index is 0.665. The van der Waals surface area contributed by atoms with Crippen LogP contribution in [0.4, 0.5) is 5.69 Å². The highest BCUT2D eigenvalue weighted by atomic mass is 16.5. The minimum Gasteiger partial charge on any atom is -0.492 e. The van der Waals surface area contributed by atoms with E-state index >= 15 is 0 Å². The maximum absolute atomic E-state index is 5.62. The Bertz CT molecular complexity index is 436. The molecule has 0 aliphatic heterocycles. The summed E-state index contributed by atoms with van der Waals surface area (Å²) in [5, 5.41) is 3.30. The fraction of sp³-hybridized carbons (Fsp3) is 0.200. The van der Waals surface area contributed by atoms with Crippen LogP contribution < -0.4 is 10.1 Å². The average molecular weight is 227 g/mol. The van der Waals surface area contributed by atoms with E-state index in [1.165, 1.54) is 5.56 Å². The Kier molecular flexibility index (Phi) is 4.03. The van der Waals surface area contributed by atoms with Crippen molar-refractivity contribution in [2.24, 2.45) is 0 Å². The predicted molar refractivity (Wildman–Crippen MR) is 71.6 cm³/mol. The molecule has 1 N–H and O–H groups in total. The number of benzene rings is 2. The van der Waals surface area contributed by atoms with Gasteiger partial charge in [0.2, 0.25) is 0 Å². The molecule has 0 radical (unpaired) electrons. The van der Waals surface area contributed by atoms with Gasteiger partial charge in [-0.15, -0.1) is 0 Å². The van der Waals surface area contributed by atoms with Gasteiger partial charge in [-0.05, 0) is 31.2 Å². The number of rotatable bonds is 5. The Hall–Kier alpha value is -1.96. The third-order valence-electron chi connectivity index (χ3n) is 2.49. The summed E-state index contributed by atoms with van der Waals surface area (Å²) in [7, 11) is 0. The second kappa shape index (κ2) is 5.94. The summed E-state index contributed by atoms with van der Waals surface area (Å²) in [6, 6.07) is 18.2. The highest BCUT2D eigenvalue weighted by molar-refractivity contribution is 5.42. The van der Waals surface area contributed by atoms with Crippen LogP contribution in [0.1, 0.15) is 5.56 Å². The van der Waals surface area contributed by atoms with Gasteiger partial charge in [0, 0.05) is 12.2 Å². The minimum absolute atomic E-state index is 0.665. The van der Waals surface area contributed by atoms with Gasteiger partial charge in [-0.1, -0.05) is 35.9 Å². The summed E-state index contributed by atoms with van der Waals surface area (Å²) in [5.41, 5.74) is 2.37. The van der Waals surface area contributed by atoms with Gasteiger partial charge in [-0.2, -0.15) is 0 Å². The molecule has 0 amide bonds. The lowest BCUT2D eigenvalue weighted by molar-refractivity contribution is 0.333. The summed E-state index contributed by atoms with van der Waals surface area (Å²) in [4.78, 5) is 0. The molecule has 0 fully saturated rings. The standard InChI is InChI=1S/C15H17NO/c1-13-7-9-15(10-8-13)17-12-11-16-14-5-3-2-4-6-14/h2-10,16H,11-12H2,1H3. The third-order valence-corrected chi connectivity index (χ3v) is 2.49. The van der Waals surface area contributed by atoms with E-state index < -0.39 is 0 Å². The van der Waals surface area contributed by atoms with Crippen LogP contribution in [0.3, 0.4) is 0 Å². The van der Waals surface area contributed by atoms with Crippen molar-refractivity contribution in [3.05, 3.63) is 60.2 Å². The van der Waals surface area contributed by atoms with Crippen LogP contribution in [0.15, 0.2) is 54.6 Å². The van der Waals surface area contributed by atoms with Gasteiger partial charge in [0.15, 0.2) is 0 Å². The Labute approximate surface area is 102 Å². The lowest BCUT2D eigenvalue weighted by atomic mass is 10.2. The molecule has 2 heteroatoms. The molecule has 88 valence electrons. The highest BCUT2D eigenvalue weighted by Crippen LogP contribution is 2.11. The van der Waals surface area contributed by atoms with Crippen molar-refractivity contribution >= 4 is 5.69 Å². The lowest BCUT2D eigenvalue weighted by Gasteiger charge is -2.08. The number of anilines is 1. The second-order valence-electron chi connectivity index (χ2n) is 3.95. The molecule has 2 aromatic rings. The zero-order chi connectivity index (χ0) is 11.9. The Morgan fingerprint density at radius 2 is 1.65 bits per heavy atom. The van der Waals surface area contributed by atoms with Gasteiger partial charge >= 0.3 is 0 Å². The van der Waals surface area contributed by atoms with Crippen molar-refractivity contribution in [3.8, 4) is 5.75 Å². The quantitative estimate of drug-likeness (QED) is 0.789. The first-order valence-corrected chi connectivity index (χ1v) is 5.83. The molecule has 0 aromatic heterocycles. The maximum Gasteiger partial charge on any atom is 0.119 e. The van der Waals surface area contributed by atoms with E-state index in [9.17, 15) is 0 Å². The Morgan fingerprint density at radius 3 is 2.35 bits per heavy atom. The third kappa shape index (κ3) is 3.83. The number of ether oxygens (including phenoxy) is 1. The van der Waals surface area contributed by atoms with Crippen LogP contribution >= 0.6 is 0 Å². The summed E-state index contributed by atoms with van der Waals surface area (Å²) < 4.78 is 5.62. The molecule has 2 aromatic carbocycles. The zero-order valence-electron chi connectivity index (χ0n) is 10.0. The second-order valence-corrected chi connectivity index (χ2v) is 3.95. The van der Waals surface area contributed by atoms with E-state index in [4.69, 9.17) is 4.74 Å². The number of nitrogens with one attached hydrogen (secondary N) is 1. The summed E-state index contributed by atoms with van der Waals surface area (Å²) >= 11 is 0. The van der Waals surface area contributed by atoms with E-state index in [-0.39, 0.29) is 0 Å². The van der Waals surface area contributed by atoms with Crippen LogP contribution in [0.25, 0.3) is 0 Å². The van der Waals surface area contributed by atoms with Crippen molar-refractivity contribution in [1.82, 2.24) is 0 Å². The summed E-state index contributed by atoms with van der Waals surface area (Å²) in [6.07, 6.45) is 0. The van der Waals surface area contributed by atoms with Crippen molar-refractivity contribution < 1.29 is 4.74 Å². The van der Waals surface area contributed by atoms with Gasteiger partial charge in [-0.3, -0.25) is 0 Å². The Balaban J connectivity index is 1.71. The zero-order valence-corrected chi connectivity index (χ0v) is 10.0. The first kappa shape index (κ1) is 11.5. The molecule has 0 bridgehead atoms.